The molecule has 1 unspecified atom stereocenters. The fourth-order valence-electron chi connectivity index (χ4n) is 3.23. The molecule has 0 N–H and O–H groups in total. The Morgan fingerprint density at radius 1 is 1.25 bits per heavy atom. The molecule has 1 atom stereocenters. The molecule has 0 radical (unpaired) electrons. The molecule has 3 nitrogen and oxygen atoms in total. The van der Waals surface area contributed by atoms with E-state index in [9.17, 15) is 13.2 Å². The van der Waals surface area contributed by atoms with Crippen LogP contribution in [0.4, 0.5) is 13.2 Å². The van der Waals surface area contributed by atoms with Crippen LogP contribution in [0.25, 0.3) is 0 Å². The minimum absolute atomic E-state index is 0.182. The van der Waals surface area contributed by atoms with E-state index < -0.39 is 11.7 Å². The van der Waals surface area contributed by atoms with Gasteiger partial charge in [-0.1, -0.05) is 24.2 Å². The zero-order valence-electron chi connectivity index (χ0n) is 13.6. The molecule has 1 aromatic carbocycles. The average molecular weight is 338 g/mol. The highest BCUT2D eigenvalue weighted by Gasteiger charge is 2.31. The van der Waals surface area contributed by atoms with Crippen LogP contribution in [0.5, 0.6) is 0 Å². The maximum Gasteiger partial charge on any atom is 0.416 e. The third-order valence-corrected chi connectivity index (χ3v) is 4.45. The Bertz CT molecular complexity index is 664. The molecule has 130 valence electrons. The van der Waals surface area contributed by atoms with Crippen LogP contribution in [0.2, 0.25) is 0 Å². The van der Waals surface area contributed by atoms with Crippen LogP contribution in [0.15, 0.2) is 34.9 Å². The Hall–Kier alpha value is -1.82. The molecule has 1 aromatic heterocycles. The molecule has 1 fully saturated rings. The predicted octanol–water partition coefficient (Wildman–Crippen LogP) is 4.98. The fourth-order valence-corrected chi connectivity index (χ4v) is 3.23. The number of likely N-dealkylation sites (tertiary alicyclic amines) is 1. The van der Waals surface area contributed by atoms with Gasteiger partial charge in [-0.25, -0.2) is 0 Å². The van der Waals surface area contributed by atoms with Gasteiger partial charge in [0.1, 0.15) is 11.5 Å². The lowest BCUT2D eigenvalue weighted by atomic mass is 10.1. The van der Waals surface area contributed by atoms with Crippen LogP contribution >= 0.6 is 0 Å². The molecule has 1 aliphatic heterocycles. The minimum Gasteiger partial charge on any atom is -0.361 e. The summed E-state index contributed by atoms with van der Waals surface area (Å²) in [4.78, 5) is 2.26. The molecule has 2 heterocycles. The highest BCUT2D eigenvalue weighted by molar-refractivity contribution is 5.25. The van der Waals surface area contributed by atoms with Crippen molar-refractivity contribution in [3.63, 3.8) is 0 Å². The first-order chi connectivity index (χ1) is 11.5. The van der Waals surface area contributed by atoms with Crippen molar-refractivity contribution < 1.29 is 17.7 Å². The Morgan fingerprint density at radius 2 is 2.00 bits per heavy atom. The SMILES string of the molecule is CCCc1cc(C2CCCN2Cc2ccc(C(F)(F)F)cc2)no1. The van der Waals surface area contributed by atoms with E-state index in [4.69, 9.17) is 4.52 Å². The van der Waals surface area contributed by atoms with Gasteiger partial charge in [0.15, 0.2) is 0 Å². The summed E-state index contributed by atoms with van der Waals surface area (Å²) in [5, 5.41) is 4.19. The standard InChI is InChI=1S/C18H21F3N2O/c1-2-4-15-11-16(22-24-15)17-5-3-10-23(17)12-13-6-8-14(9-7-13)18(19,20)21/h6-9,11,17H,2-5,10,12H2,1H3. The highest BCUT2D eigenvalue weighted by Crippen LogP contribution is 2.34. The highest BCUT2D eigenvalue weighted by atomic mass is 19.4. The van der Waals surface area contributed by atoms with Crippen molar-refractivity contribution in [1.29, 1.82) is 0 Å². The Labute approximate surface area is 139 Å². The maximum atomic E-state index is 12.6. The van der Waals surface area contributed by atoms with Gasteiger partial charge in [-0.3, -0.25) is 4.90 Å². The number of hydrogen-bond acceptors (Lipinski definition) is 3. The zero-order valence-corrected chi connectivity index (χ0v) is 13.6. The van der Waals surface area contributed by atoms with Gasteiger partial charge >= 0.3 is 6.18 Å². The largest absolute Gasteiger partial charge is 0.416 e. The third-order valence-electron chi connectivity index (χ3n) is 4.45. The summed E-state index contributed by atoms with van der Waals surface area (Å²) >= 11 is 0. The van der Waals surface area contributed by atoms with Crippen LogP contribution in [0.1, 0.15) is 54.8 Å². The molecule has 0 bridgehead atoms. The zero-order chi connectivity index (χ0) is 17.2. The number of halogens is 3. The second-order valence-corrected chi connectivity index (χ2v) is 6.29. The quantitative estimate of drug-likeness (QED) is 0.770. The lowest BCUT2D eigenvalue weighted by Gasteiger charge is -2.22. The topological polar surface area (TPSA) is 29.3 Å². The Kier molecular flexibility index (Phi) is 4.94. The molecular formula is C18H21F3N2O. The van der Waals surface area contributed by atoms with Crippen molar-refractivity contribution in [2.75, 3.05) is 6.54 Å². The third kappa shape index (κ3) is 3.80. The molecule has 0 amide bonds. The van der Waals surface area contributed by atoms with Gasteiger partial charge in [0, 0.05) is 19.0 Å². The molecule has 24 heavy (non-hydrogen) atoms. The smallest absolute Gasteiger partial charge is 0.361 e. The number of alkyl halides is 3. The summed E-state index contributed by atoms with van der Waals surface area (Å²) in [5.74, 6) is 0.897. The predicted molar refractivity (Wildman–Crippen MR) is 84.3 cm³/mol. The molecule has 3 rings (SSSR count). The van der Waals surface area contributed by atoms with Gasteiger partial charge in [-0.05, 0) is 43.5 Å². The van der Waals surface area contributed by atoms with Crippen LogP contribution in [0.3, 0.4) is 0 Å². The van der Waals surface area contributed by atoms with E-state index >= 15 is 0 Å². The molecule has 6 heteroatoms. The monoisotopic (exact) mass is 338 g/mol. The summed E-state index contributed by atoms with van der Waals surface area (Å²) in [6, 6.07) is 7.61. The van der Waals surface area contributed by atoms with E-state index in [1.54, 1.807) is 12.1 Å². The number of nitrogens with zero attached hydrogens (tertiary/aromatic N) is 2. The van der Waals surface area contributed by atoms with Crippen molar-refractivity contribution in [1.82, 2.24) is 10.1 Å². The Morgan fingerprint density at radius 3 is 2.67 bits per heavy atom. The summed E-state index contributed by atoms with van der Waals surface area (Å²) in [6.07, 6.45) is -0.349. The van der Waals surface area contributed by atoms with Crippen molar-refractivity contribution in [2.24, 2.45) is 0 Å². The van der Waals surface area contributed by atoms with Crippen molar-refractivity contribution in [3.05, 3.63) is 52.9 Å². The van der Waals surface area contributed by atoms with Gasteiger partial charge in [0.25, 0.3) is 0 Å². The average Bonchev–Trinajstić information content (AvgIpc) is 3.16. The van der Waals surface area contributed by atoms with Gasteiger partial charge in [0.05, 0.1) is 11.6 Å². The lowest BCUT2D eigenvalue weighted by molar-refractivity contribution is -0.137. The molecule has 1 aliphatic rings. The number of hydrogen-bond donors (Lipinski definition) is 0. The molecule has 1 saturated heterocycles. The minimum atomic E-state index is -4.29. The van der Waals surface area contributed by atoms with E-state index in [0.29, 0.717) is 6.54 Å². The molecule has 2 aromatic rings. The van der Waals surface area contributed by atoms with E-state index in [-0.39, 0.29) is 6.04 Å². The van der Waals surface area contributed by atoms with Crippen LogP contribution in [-0.2, 0) is 19.1 Å². The molecule has 0 saturated carbocycles. The summed E-state index contributed by atoms with van der Waals surface area (Å²) in [5.41, 5.74) is 1.21. The fraction of sp³-hybridized carbons (Fsp3) is 0.500. The number of aryl methyl sites for hydroxylation is 1. The van der Waals surface area contributed by atoms with Crippen LogP contribution in [-0.4, -0.2) is 16.6 Å². The van der Waals surface area contributed by atoms with E-state index in [0.717, 1.165) is 61.4 Å². The van der Waals surface area contributed by atoms with E-state index in [2.05, 4.69) is 17.0 Å². The van der Waals surface area contributed by atoms with Crippen LogP contribution in [0, 0.1) is 0 Å². The second kappa shape index (κ2) is 6.97. The first-order valence-electron chi connectivity index (χ1n) is 8.33. The molecule has 0 spiro atoms. The van der Waals surface area contributed by atoms with E-state index in [1.807, 2.05) is 6.07 Å². The van der Waals surface area contributed by atoms with E-state index in [1.165, 1.54) is 0 Å². The summed E-state index contributed by atoms with van der Waals surface area (Å²) in [7, 11) is 0. The summed E-state index contributed by atoms with van der Waals surface area (Å²) in [6.45, 7) is 3.63. The number of rotatable bonds is 5. The molecule has 0 aliphatic carbocycles. The second-order valence-electron chi connectivity index (χ2n) is 6.29. The van der Waals surface area contributed by atoms with Gasteiger partial charge < -0.3 is 4.52 Å². The normalized spacial score (nSPS) is 19.1. The van der Waals surface area contributed by atoms with Crippen molar-refractivity contribution >= 4 is 0 Å². The van der Waals surface area contributed by atoms with Crippen molar-refractivity contribution in [2.45, 2.75) is 51.4 Å². The van der Waals surface area contributed by atoms with Gasteiger partial charge in [-0.15, -0.1) is 0 Å². The maximum absolute atomic E-state index is 12.6. The summed E-state index contributed by atoms with van der Waals surface area (Å²) < 4.78 is 43.3. The van der Waals surface area contributed by atoms with Crippen molar-refractivity contribution in [3.8, 4) is 0 Å². The van der Waals surface area contributed by atoms with Crippen LogP contribution < -0.4 is 0 Å². The Balaban J connectivity index is 1.69. The number of benzene rings is 1. The van der Waals surface area contributed by atoms with Gasteiger partial charge in [0.2, 0.25) is 0 Å². The first kappa shape index (κ1) is 17.0. The molecular weight excluding hydrogens is 317 g/mol. The lowest BCUT2D eigenvalue weighted by Crippen LogP contribution is -2.23. The first-order valence-corrected chi connectivity index (χ1v) is 8.33. The number of aromatic nitrogens is 1. The van der Waals surface area contributed by atoms with Gasteiger partial charge in [-0.2, -0.15) is 13.2 Å².